The van der Waals surface area contributed by atoms with Crippen LogP contribution in [-0.4, -0.2) is 50.0 Å². The summed E-state index contributed by atoms with van der Waals surface area (Å²) >= 11 is 0. The minimum absolute atomic E-state index is 0.163. The van der Waals surface area contributed by atoms with Gasteiger partial charge in [0.2, 0.25) is 21.8 Å². The minimum Gasteiger partial charge on any atom is -0.352 e. The van der Waals surface area contributed by atoms with Gasteiger partial charge in [-0.3, -0.25) is 13.9 Å². The number of benzene rings is 4. The fraction of sp³-hybridized carbons (Fsp3) is 0.273. The van der Waals surface area contributed by atoms with Crippen molar-refractivity contribution in [2.45, 2.75) is 45.3 Å². The summed E-state index contributed by atoms with van der Waals surface area (Å²) < 4.78 is 42.3. The van der Waals surface area contributed by atoms with Crippen molar-refractivity contribution in [1.82, 2.24) is 10.2 Å². The summed E-state index contributed by atoms with van der Waals surface area (Å²) in [6, 6.07) is 26.7. The summed E-state index contributed by atoms with van der Waals surface area (Å²) in [6.07, 6.45) is 1.88. The first-order chi connectivity index (χ1) is 20.1. The van der Waals surface area contributed by atoms with Crippen molar-refractivity contribution in [3.8, 4) is 0 Å². The molecule has 4 aromatic carbocycles. The maximum Gasteiger partial charge on any atom is 0.244 e. The van der Waals surface area contributed by atoms with E-state index < -0.39 is 40.2 Å². The fourth-order valence-corrected chi connectivity index (χ4v) is 5.69. The summed E-state index contributed by atoms with van der Waals surface area (Å²) in [5.74, 6) is -1.55. The van der Waals surface area contributed by atoms with Gasteiger partial charge in [-0.05, 0) is 36.4 Å². The Bertz CT molecular complexity index is 1640. The second kappa shape index (κ2) is 13.6. The number of halogens is 1. The van der Waals surface area contributed by atoms with E-state index >= 15 is 0 Å². The van der Waals surface area contributed by atoms with Crippen LogP contribution in [0.5, 0.6) is 0 Å². The Balaban J connectivity index is 1.79. The Morgan fingerprint density at radius 3 is 2.21 bits per heavy atom. The highest BCUT2D eigenvalue weighted by atomic mass is 32.2. The average Bonchev–Trinajstić information content (AvgIpc) is 2.98. The zero-order chi connectivity index (χ0) is 30.3. The molecule has 0 aromatic heterocycles. The lowest BCUT2D eigenvalue weighted by atomic mass is 10.0. The lowest BCUT2D eigenvalue weighted by molar-refractivity contribution is -0.140. The molecule has 0 aliphatic rings. The van der Waals surface area contributed by atoms with Crippen LogP contribution in [0.15, 0.2) is 97.1 Å². The molecule has 2 amide bonds. The normalized spacial score (nSPS) is 12.9. The van der Waals surface area contributed by atoms with Crippen LogP contribution in [0.3, 0.4) is 0 Å². The van der Waals surface area contributed by atoms with Crippen LogP contribution in [0, 0.1) is 5.82 Å². The molecule has 1 N–H and O–H groups in total. The predicted molar refractivity (Wildman–Crippen MR) is 165 cm³/mol. The first kappa shape index (κ1) is 30.7. The van der Waals surface area contributed by atoms with Crippen LogP contribution >= 0.6 is 0 Å². The molecule has 0 heterocycles. The number of carbonyl (C=O) groups excluding carboxylic acids is 2. The zero-order valence-electron chi connectivity index (χ0n) is 24.0. The highest BCUT2D eigenvalue weighted by molar-refractivity contribution is 7.92. The fourth-order valence-electron chi connectivity index (χ4n) is 4.83. The molecule has 42 heavy (non-hydrogen) atoms. The third-order valence-electron chi connectivity index (χ3n) is 7.29. The molecular weight excluding hydrogens is 553 g/mol. The van der Waals surface area contributed by atoms with Crippen LogP contribution < -0.4 is 9.62 Å². The smallest absolute Gasteiger partial charge is 0.244 e. The highest BCUT2D eigenvalue weighted by Gasteiger charge is 2.34. The van der Waals surface area contributed by atoms with E-state index in [1.54, 1.807) is 42.5 Å². The van der Waals surface area contributed by atoms with E-state index in [1.807, 2.05) is 62.4 Å². The number of nitrogens with zero attached hydrogens (tertiary/aromatic N) is 2. The topological polar surface area (TPSA) is 86.8 Å². The van der Waals surface area contributed by atoms with E-state index in [9.17, 15) is 22.4 Å². The van der Waals surface area contributed by atoms with Gasteiger partial charge in [-0.1, -0.05) is 91.9 Å². The van der Waals surface area contributed by atoms with E-state index in [4.69, 9.17) is 0 Å². The van der Waals surface area contributed by atoms with Gasteiger partial charge in [-0.2, -0.15) is 0 Å². The summed E-state index contributed by atoms with van der Waals surface area (Å²) in [5, 5.41) is 4.44. The van der Waals surface area contributed by atoms with Gasteiger partial charge in [0.15, 0.2) is 0 Å². The lowest BCUT2D eigenvalue weighted by Crippen LogP contribution is -2.54. The Hall–Kier alpha value is -4.24. The third kappa shape index (κ3) is 7.53. The van der Waals surface area contributed by atoms with Crippen molar-refractivity contribution in [3.63, 3.8) is 0 Å². The number of hydrogen-bond acceptors (Lipinski definition) is 4. The number of rotatable bonds is 12. The van der Waals surface area contributed by atoms with Gasteiger partial charge in [-0.15, -0.1) is 0 Å². The maximum atomic E-state index is 14.9. The maximum absolute atomic E-state index is 14.9. The van der Waals surface area contributed by atoms with Gasteiger partial charge in [0, 0.05) is 30.0 Å². The Morgan fingerprint density at radius 1 is 0.881 bits per heavy atom. The predicted octanol–water partition coefficient (Wildman–Crippen LogP) is 5.30. The first-order valence-electron chi connectivity index (χ1n) is 13.9. The van der Waals surface area contributed by atoms with E-state index in [0.29, 0.717) is 17.5 Å². The van der Waals surface area contributed by atoms with Crippen molar-refractivity contribution in [2.75, 3.05) is 17.1 Å². The van der Waals surface area contributed by atoms with Crippen molar-refractivity contribution >= 4 is 38.3 Å². The van der Waals surface area contributed by atoms with Gasteiger partial charge < -0.3 is 10.2 Å². The van der Waals surface area contributed by atoms with E-state index in [-0.39, 0.29) is 24.6 Å². The first-order valence-corrected chi connectivity index (χ1v) is 15.8. The van der Waals surface area contributed by atoms with Crippen molar-refractivity contribution in [1.29, 1.82) is 0 Å². The zero-order valence-corrected chi connectivity index (χ0v) is 24.9. The quantitative estimate of drug-likeness (QED) is 0.243. The van der Waals surface area contributed by atoms with Crippen molar-refractivity contribution < 1.29 is 22.4 Å². The number of anilines is 1. The molecular formula is C33H36FN3O4S. The van der Waals surface area contributed by atoms with Gasteiger partial charge in [0.05, 0.1) is 11.9 Å². The second-order valence-corrected chi connectivity index (χ2v) is 12.3. The van der Waals surface area contributed by atoms with Crippen molar-refractivity contribution in [2.24, 2.45) is 0 Å². The number of sulfonamides is 1. The number of fused-ring (bicyclic) bond motifs is 1. The van der Waals surface area contributed by atoms with Gasteiger partial charge >= 0.3 is 0 Å². The number of hydrogen-bond donors (Lipinski definition) is 1. The van der Waals surface area contributed by atoms with Crippen molar-refractivity contribution in [3.05, 3.63) is 114 Å². The number of nitrogens with one attached hydrogen (secondary N) is 1. The van der Waals surface area contributed by atoms with Crippen LogP contribution in [0.25, 0.3) is 10.8 Å². The number of carbonyl (C=O) groups is 2. The molecule has 0 aliphatic carbocycles. The van der Waals surface area contributed by atoms with E-state index in [1.165, 1.54) is 11.0 Å². The molecule has 0 bridgehead atoms. The molecule has 0 unspecified atom stereocenters. The third-order valence-corrected chi connectivity index (χ3v) is 8.41. The molecule has 220 valence electrons. The molecule has 0 spiro atoms. The SMILES string of the molecule is CC[C@@H](C)NC(=O)[C@@H](Cc1ccccc1)N(Cc1ccccc1F)C(=O)CN(c1cccc2ccccc12)S(C)(=O)=O. The molecule has 9 heteroatoms. The minimum atomic E-state index is -3.94. The van der Waals surface area contributed by atoms with Gasteiger partial charge in [0.25, 0.3) is 0 Å². The Kier molecular flexibility index (Phi) is 9.96. The molecule has 0 fully saturated rings. The molecule has 0 radical (unpaired) electrons. The molecule has 4 rings (SSSR count). The number of amides is 2. The highest BCUT2D eigenvalue weighted by Crippen LogP contribution is 2.29. The van der Waals surface area contributed by atoms with Gasteiger partial charge in [0.1, 0.15) is 18.4 Å². The van der Waals surface area contributed by atoms with E-state index in [2.05, 4.69) is 5.32 Å². The molecule has 2 atom stereocenters. The monoisotopic (exact) mass is 589 g/mol. The van der Waals surface area contributed by atoms with Crippen LogP contribution in [0.1, 0.15) is 31.4 Å². The van der Waals surface area contributed by atoms with Crippen LogP contribution in [-0.2, 0) is 32.6 Å². The molecule has 0 saturated heterocycles. The lowest BCUT2D eigenvalue weighted by Gasteiger charge is -2.34. The van der Waals surface area contributed by atoms with Crippen LogP contribution in [0.2, 0.25) is 0 Å². The summed E-state index contributed by atoms with van der Waals surface area (Å²) in [4.78, 5) is 29.3. The second-order valence-electron chi connectivity index (χ2n) is 10.4. The summed E-state index contributed by atoms with van der Waals surface area (Å²) in [5.41, 5.74) is 1.37. The van der Waals surface area contributed by atoms with Gasteiger partial charge in [-0.25, -0.2) is 12.8 Å². The Labute approximate surface area is 247 Å². The van der Waals surface area contributed by atoms with E-state index in [0.717, 1.165) is 21.5 Å². The molecule has 0 saturated carbocycles. The molecule has 7 nitrogen and oxygen atoms in total. The molecule has 4 aromatic rings. The summed E-state index contributed by atoms with van der Waals surface area (Å²) in [7, 11) is -3.94. The summed E-state index contributed by atoms with van der Waals surface area (Å²) in [6.45, 7) is 3.02. The Morgan fingerprint density at radius 2 is 1.52 bits per heavy atom. The van der Waals surface area contributed by atoms with Crippen LogP contribution in [0.4, 0.5) is 10.1 Å². The molecule has 0 aliphatic heterocycles. The standard InChI is InChI=1S/C33H36FN3O4S/c1-4-24(2)35-33(39)31(21-25-13-6-5-7-14-25)36(22-27-16-9-11-19-29(27)34)32(38)23-37(42(3,40)41)30-20-12-17-26-15-8-10-18-28(26)30/h5-20,24,31H,4,21-23H2,1-3H3,(H,35,39)/t24-,31-/m1/s1. The average molecular weight is 590 g/mol. The largest absolute Gasteiger partial charge is 0.352 e.